The van der Waals surface area contributed by atoms with Gasteiger partial charge in [0.15, 0.2) is 5.96 Å². The van der Waals surface area contributed by atoms with Crippen LogP contribution in [-0.4, -0.2) is 59.5 Å². The standard InChI is InChI=1S/C17H26N4O2S/c1-3-16(22)21-11-9-14(13-21)20-17(18-2)19-10-12-24(23)15-7-5-4-6-8-15/h4-8,14H,3,9-13H2,1-2H3,(H2,18,19,20). The molecular weight excluding hydrogens is 324 g/mol. The van der Waals surface area contributed by atoms with Gasteiger partial charge < -0.3 is 15.5 Å². The van der Waals surface area contributed by atoms with Crippen molar-refractivity contribution in [3.63, 3.8) is 0 Å². The summed E-state index contributed by atoms with van der Waals surface area (Å²) in [6.07, 6.45) is 1.47. The van der Waals surface area contributed by atoms with Crippen LogP contribution in [-0.2, 0) is 15.6 Å². The van der Waals surface area contributed by atoms with Crippen LogP contribution in [0.4, 0.5) is 0 Å². The highest BCUT2D eigenvalue weighted by Crippen LogP contribution is 2.10. The Balaban J connectivity index is 1.73. The Morgan fingerprint density at radius 2 is 2.12 bits per heavy atom. The van der Waals surface area contributed by atoms with Gasteiger partial charge >= 0.3 is 0 Å². The van der Waals surface area contributed by atoms with Gasteiger partial charge in [-0.15, -0.1) is 0 Å². The van der Waals surface area contributed by atoms with E-state index in [1.165, 1.54) is 0 Å². The first-order valence-corrected chi connectivity index (χ1v) is 9.64. The Bertz CT molecular complexity index is 592. The number of hydrogen-bond donors (Lipinski definition) is 2. The molecule has 24 heavy (non-hydrogen) atoms. The van der Waals surface area contributed by atoms with Gasteiger partial charge in [-0.2, -0.15) is 0 Å². The van der Waals surface area contributed by atoms with Gasteiger partial charge in [0.1, 0.15) is 0 Å². The van der Waals surface area contributed by atoms with Crippen molar-refractivity contribution in [3.8, 4) is 0 Å². The third-order valence-electron chi connectivity index (χ3n) is 3.99. The largest absolute Gasteiger partial charge is 0.355 e. The third kappa shape index (κ3) is 5.33. The average molecular weight is 350 g/mol. The number of rotatable bonds is 6. The second kappa shape index (κ2) is 9.42. The minimum Gasteiger partial charge on any atom is -0.355 e. The summed E-state index contributed by atoms with van der Waals surface area (Å²) in [6, 6.07) is 9.67. The number of likely N-dealkylation sites (tertiary alicyclic amines) is 1. The number of aliphatic imine (C=N–C) groups is 1. The maximum absolute atomic E-state index is 12.2. The lowest BCUT2D eigenvalue weighted by Crippen LogP contribution is -2.45. The topological polar surface area (TPSA) is 73.8 Å². The molecule has 2 rings (SSSR count). The molecule has 0 aliphatic carbocycles. The minimum absolute atomic E-state index is 0.195. The molecule has 6 nitrogen and oxygen atoms in total. The minimum atomic E-state index is -1.02. The summed E-state index contributed by atoms with van der Waals surface area (Å²) in [6.45, 7) is 3.96. The smallest absolute Gasteiger partial charge is 0.222 e. The highest BCUT2D eigenvalue weighted by molar-refractivity contribution is 7.85. The molecule has 0 bridgehead atoms. The van der Waals surface area contributed by atoms with Crippen molar-refractivity contribution in [2.45, 2.75) is 30.7 Å². The van der Waals surface area contributed by atoms with Crippen LogP contribution in [0.1, 0.15) is 19.8 Å². The van der Waals surface area contributed by atoms with Crippen LogP contribution in [0.25, 0.3) is 0 Å². The van der Waals surface area contributed by atoms with Crippen molar-refractivity contribution in [1.29, 1.82) is 0 Å². The highest BCUT2D eigenvalue weighted by atomic mass is 32.2. The van der Waals surface area contributed by atoms with Crippen molar-refractivity contribution in [2.24, 2.45) is 4.99 Å². The van der Waals surface area contributed by atoms with E-state index in [2.05, 4.69) is 15.6 Å². The SMILES string of the molecule is CCC(=O)N1CCC(NC(=NC)NCCS(=O)c2ccccc2)C1. The number of nitrogens with zero attached hydrogens (tertiary/aromatic N) is 2. The molecule has 1 heterocycles. The highest BCUT2D eigenvalue weighted by Gasteiger charge is 2.25. The van der Waals surface area contributed by atoms with E-state index in [0.717, 1.165) is 17.9 Å². The molecule has 2 N–H and O–H groups in total. The summed E-state index contributed by atoms with van der Waals surface area (Å²) < 4.78 is 12.2. The van der Waals surface area contributed by atoms with E-state index in [1.807, 2.05) is 42.2 Å². The number of carbonyl (C=O) groups excluding carboxylic acids is 1. The first-order valence-electron chi connectivity index (χ1n) is 8.32. The quantitative estimate of drug-likeness (QED) is 0.592. The first-order chi connectivity index (χ1) is 11.6. The van der Waals surface area contributed by atoms with E-state index in [4.69, 9.17) is 0 Å². The molecule has 2 atom stereocenters. The lowest BCUT2D eigenvalue weighted by Gasteiger charge is -2.18. The molecule has 1 saturated heterocycles. The Morgan fingerprint density at radius 3 is 2.79 bits per heavy atom. The monoisotopic (exact) mass is 350 g/mol. The van der Waals surface area contributed by atoms with Crippen molar-refractivity contribution in [2.75, 3.05) is 32.4 Å². The van der Waals surface area contributed by atoms with Crippen molar-refractivity contribution < 1.29 is 9.00 Å². The fraction of sp³-hybridized carbons (Fsp3) is 0.529. The zero-order chi connectivity index (χ0) is 17.4. The molecule has 1 aliphatic rings. The summed E-state index contributed by atoms with van der Waals surface area (Å²) in [5.41, 5.74) is 0. The fourth-order valence-corrected chi connectivity index (χ4v) is 3.65. The second-order valence-corrected chi connectivity index (χ2v) is 7.26. The first kappa shape index (κ1) is 18.4. The van der Waals surface area contributed by atoms with Crippen LogP contribution in [0.2, 0.25) is 0 Å². The van der Waals surface area contributed by atoms with E-state index in [1.54, 1.807) is 7.05 Å². The van der Waals surface area contributed by atoms with Gasteiger partial charge in [-0.25, -0.2) is 0 Å². The summed E-state index contributed by atoms with van der Waals surface area (Å²) in [7, 11) is 0.699. The van der Waals surface area contributed by atoms with Crippen LogP contribution >= 0.6 is 0 Å². The van der Waals surface area contributed by atoms with E-state index >= 15 is 0 Å². The van der Waals surface area contributed by atoms with E-state index in [0.29, 0.717) is 31.2 Å². The van der Waals surface area contributed by atoms with Crippen LogP contribution < -0.4 is 10.6 Å². The molecule has 1 aromatic carbocycles. The number of nitrogens with one attached hydrogen (secondary N) is 2. The molecule has 7 heteroatoms. The van der Waals surface area contributed by atoms with Crippen molar-refractivity contribution >= 4 is 22.7 Å². The Kier molecular flexibility index (Phi) is 7.24. The molecule has 0 saturated carbocycles. The predicted octanol–water partition coefficient (Wildman–Crippen LogP) is 0.970. The van der Waals surface area contributed by atoms with E-state index < -0.39 is 10.8 Å². The summed E-state index contributed by atoms with van der Waals surface area (Å²) in [5, 5.41) is 6.53. The van der Waals surface area contributed by atoms with Gasteiger partial charge in [0, 0.05) is 49.8 Å². The molecule has 1 fully saturated rings. The van der Waals surface area contributed by atoms with Crippen LogP contribution in [0.15, 0.2) is 40.2 Å². The molecule has 1 aliphatic heterocycles. The van der Waals surface area contributed by atoms with E-state index in [9.17, 15) is 9.00 Å². The average Bonchev–Trinajstić information content (AvgIpc) is 3.09. The molecular formula is C17H26N4O2S. The van der Waals surface area contributed by atoms with Gasteiger partial charge in [0.2, 0.25) is 5.91 Å². The van der Waals surface area contributed by atoms with Crippen molar-refractivity contribution in [3.05, 3.63) is 30.3 Å². The predicted molar refractivity (Wildman–Crippen MR) is 97.5 cm³/mol. The fourth-order valence-electron chi connectivity index (χ4n) is 2.67. The molecule has 1 aromatic rings. The number of guanidine groups is 1. The molecule has 0 aromatic heterocycles. The maximum atomic E-state index is 12.2. The molecule has 0 spiro atoms. The maximum Gasteiger partial charge on any atom is 0.222 e. The Morgan fingerprint density at radius 1 is 1.38 bits per heavy atom. The second-order valence-electron chi connectivity index (χ2n) is 5.68. The number of carbonyl (C=O) groups is 1. The van der Waals surface area contributed by atoms with Gasteiger partial charge in [-0.1, -0.05) is 25.1 Å². The molecule has 132 valence electrons. The number of hydrogen-bond acceptors (Lipinski definition) is 3. The molecule has 2 unspecified atom stereocenters. The van der Waals surface area contributed by atoms with Gasteiger partial charge in [-0.05, 0) is 18.6 Å². The van der Waals surface area contributed by atoms with Crippen molar-refractivity contribution in [1.82, 2.24) is 15.5 Å². The van der Waals surface area contributed by atoms with Crippen LogP contribution in [0.3, 0.4) is 0 Å². The molecule has 0 radical (unpaired) electrons. The van der Waals surface area contributed by atoms with Crippen LogP contribution in [0.5, 0.6) is 0 Å². The summed E-state index contributed by atoms with van der Waals surface area (Å²) in [4.78, 5) is 18.6. The lowest BCUT2D eigenvalue weighted by molar-refractivity contribution is -0.129. The lowest BCUT2D eigenvalue weighted by atomic mass is 10.3. The van der Waals surface area contributed by atoms with Gasteiger partial charge in [0.25, 0.3) is 0 Å². The number of benzene rings is 1. The van der Waals surface area contributed by atoms with Gasteiger partial charge in [0.05, 0.1) is 10.8 Å². The van der Waals surface area contributed by atoms with Crippen LogP contribution in [0, 0.1) is 0 Å². The Hall–Kier alpha value is -1.89. The Labute approximate surface area is 146 Å². The number of amides is 1. The van der Waals surface area contributed by atoms with E-state index in [-0.39, 0.29) is 11.9 Å². The normalized spacial score (nSPS) is 19.2. The molecule has 1 amide bonds. The van der Waals surface area contributed by atoms with Gasteiger partial charge in [-0.3, -0.25) is 14.0 Å². The third-order valence-corrected chi connectivity index (χ3v) is 5.37. The zero-order valence-electron chi connectivity index (χ0n) is 14.3. The zero-order valence-corrected chi connectivity index (χ0v) is 15.1. The summed E-state index contributed by atoms with van der Waals surface area (Å²) >= 11 is 0. The summed E-state index contributed by atoms with van der Waals surface area (Å²) in [5.74, 6) is 1.41.